The smallest absolute Gasteiger partial charge is 0.251 e. The maximum absolute atomic E-state index is 12.4. The zero-order valence-electron chi connectivity index (χ0n) is 14.7. The highest BCUT2D eigenvalue weighted by Crippen LogP contribution is 2.34. The van der Waals surface area contributed by atoms with E-state index in [1.807, 2.05) is 54.6 Å². The fourth-order valence-corrected chi connectivity index (χ4v) is 2.83. The molecule has 0 spiro atoms. The van der Waals surface area contributed by atoms with Gasteiger partial charge in [0.1, 0.15) is 0 Å². The van der Waals surface area contributed by atoms with Crippen LogP contribution in [0.25, 0.3) is 11.3 Å². The number of aromatic nitrogens is 2. The third-order valence-corrected chi connectivity index (χ3v) is 4.67. The van der Waals surface area contributed by atoms with Gasteiger partial charge in [-0.3, -0.25) is 4.79 Å². The maximum atomic E-state index is 12.4. The molecule has 136 valence electrons. The summed E-state index contributed by atoms with van der Waals surface area (Å²) < 4.78 is 0. The number of carbonyl (C=O) groups is 1. The minimum Gasteiger partial charge on any atom is -0.394 e. The molecular weight excluding hydrogens is 340 g/mol. The number of rotatable bonds is 6. The van der Waals surface area contributed by atoms with Crippen LogP contribution in [0.15, 0.2) is 66.7 Å². The highest BCUT2D eigenvalue weighted by Gasteiger charge is 2.43. The lowest BCUT2D eigenvalue weighted by Gasteiger charge is -2.14. The summed E-state index contributed by atoms with van der Waals surface area (Å²) in [5, 5.41) is 23.9. The molecule has 4 rings (SSSR count). The van der Waals surface area contributed by atoms with E-state index < -0.39 is 5.54 Å². The fourth-order valence-electron chi connectivity index (χ4n) is 2.83. The Kier molecular flexibility index (Phi) is 4.56. The summed E-state index contributed by atoms with van der Waals surface area (Å²) in [6, 6.07) is 20.8. The second kappa shape index (κ2) is 7.17. The van der Waals surface area contributed by atoms with E-state index in [2.05, 4.69) is 20.8 Å². The fraction of sp³-hybridized carbons (Fsp3) is 0.190. The Bertz CT molecular complexity index is 938. The van der Waals surface area contributed by atoms with Crippen LogP contribution in [0.4, 0.5) is 11.5 Å². The van der Waals surface area contributed by atoms with Crippen LogP contribution in [0, 0.1) is 0 Å². The molecule has 1 aromatic heterocycles. The van der Waals surface area contributed by atoms with E-state index >= 15 is 0 Å². The van der Waals surface area contributed by atoms with Gasteiger partial charge in [0.25, 0.3) is 5.91 Å². The van der Waals surface area contributed by atoms with Gasteiger partial charge in [-0.25, -0.2) is 0 Å². The first kappa shape index (κ1) is 17.2. The van der Waals surface area contributed by atoms with Gasteiger partial charge < -0.3 is 15.7 Å². The van der Waals surface area contributed by atoms with E-state index in [1.165, 1.54) is 0 Å². The number of nitrogens with one attached hydrogen (secondary N) is 2. The largest absolute Gasteiger partial charge is 0.394 e. The lowest BCUT2D eigenvalue weighted by molar-refractivity contribution is 0.0907. The van der Waals surface area contributed by atoms with Crippen LogP contribution >= 0.6 is 0 Å². The molecule has 1 saturated carbocycles. The Labute approximate surface area is 157 Å². The molecule has 3 N–H and O–H groups in total. The number of aliphatic hydroxyl groups excluding tert-OH is 1. The molecule has 1 amide bonds. The summed E-state index contributed by atoms with van der Waals surface area (Å²) in [7, 11) is 0. The van der Waals surface area contributed by atoms with E-state index in [1.54, 1.807) is 12.1 Å². The third-order valence-electron chi connectivity index (χ3n) is 4.67. The van der Waals surface area contributed by atoms with Gasteiger partial charge in [-0.1, -0.05) is 36.4 Å². The van der Waals surface area contributed by atoms with Crippen molar-refractivity contribution in [2.24, 2.45) is 0 Å². The lowest BCUT2D eigenvalue weighted by atomic mass is 10.1. The van der Waals surface area contributed by atoms with Gasteiger partial charge >= 0.3 is 0 Å². The SMILES string of the molecule is O=C(NC1(CO)CC1)c1cccc(Nc2ccc(-c3ccccc3)nn2)c1. The molecule has 0 unspecified atom stereocenters. The van der Waals surface area contributed by atoms with Crippen molar-refractivity contribution in [3.8, 4) is 11.3 Å². The topological polar surface area (TPSA) is 87.1 Å². The molecule has 0 radical (unpaired) electrons. The molecule has 0 saturated heterocycles. The molecule has 1 aliphatic rings. The summed E-state index contributed by atoms with van der Waals surface area (Å²) in [5.41, 5.74) is 2.66. The Hall–Kier alpha value is -3.25. The van der Waals surface area contributed by atoms with Crippen LogP contribution in [0.2, 0.25) is 0 Å². The molecule has 0 bridgehead atoms. The third kappa shape index (κ3) is 3.96. The number of hydrogen-bond donors (Lipinski definition) is 3. The summed E-state index contributed by atoms with van der Waals surface area (Å²) in [6.45, 7) is -0.0277. The summed E-state index contributed by atoms with van der Waals surface area (Å²) in [4.78, 5) is 12.4. The van der Waals surface area contributed by atoms with E-state index in [9.17, 15) is 9.90 Å². The molecular formula is C21H20N4O2. The van der Waals surface area contributed by atoms with E-state index in [0.29, 0.717) is 11.4 Å². The summed E-state index contributed by atoms with van der Waals surface area (Å²) >= 11 is 0. The van der Waals surface area contributed by atoms with Crippen LogP contribution in [0.1, 0.15) is 23.2 Å². The zero-order chi connectivity index (χ0) is 18.7. The summed E-state index contributed by atoms with van der Waals surface area (Å²) in [6.07, 6.45) is 1.63. The van der Waals surface area contributed by atoms with Crippen LogP contribution in [0.3, 0.4) is 0 Å². The monoisotopic (exact) mass is 360 g/mol. The quantitative estimate of drug-likeness (QED) is 0.629. The Morgan fingerprint density at radius 2 is 1.81 bits per heavy atom. The van der Waals surface area contributed by atoms with Crippen molar-refractivity contribution in [2.75, 3.05) is 11.9 Å². The van der Waals surface area contributed by atoms with E-state index in [-0.39, 0.29) is 12.5 Å². The van der Waals surface area contributed by atoms with E-state index in [0.717, 1.165) is 29.8 Å². The molecule has 1 aliphatic carbocycles. The van der Waals surface area contributed by atoms with Crippen LogP contribution in [-0.2, 0) is 0 Å². The minimum absolute atomic E-state index is 0.0277. The molecule has 0 atom stereocenters. The molecule has 2 aromatic carbocycles. The average Bonchev–Trinajstić information content (AvgIpc) is 3.49. The Balaban J connectivity index is 1.46. The van der Waals surface area contributed by atoms with Crippen molar-refractivity contribution in [2.45, 2.75) is 18.4 Å². The van der Waals surface area contributed by atoms with Gasteiger partial charge in [0.05, 0.1) is 17.8 Å². The first-order valence-corrected chi connectivity index (χ1v) is 8.87. The van der Waals surface area contributed by atoms with Crippen molar-refractivity contribution in [3.63, 3.8) is 0 Å². The first-order valence-electron chi connectivity index (χ1n) is 8.87. The van der Waals surface area contributed by atoms with Gasteiger partial charge in [-0.05, 0) is 43.2 Å². The lowest BCUT2D eigenvalue weighted by Crippen LogP contribution is -2.39. The second-order valence-electron chi connectivity index (χ2n) is 6.77. The van der Waals surface area contributed by atoms with Gasteiger partial charge in [-0.2, -0.15) is 0 Å². The normalized spacial score (nSPS) is 14.4. The highest BCUT2D eigenvalue weighted by atomic mass is 16.3. The average molecular weight is 360 g/mol. The number of carbonyl (C=O) groups excluding carboxylic acids is 1. The molecule has 3 aromatic rings. The van der Waals surface area contributed by atoms with Gasteiger partial charge in [0, 0.05) is 16.8 Å². The highest BCUT2D eigenvalue weighted by molar-refractivity contribution is 5.96. The molecule has 27 heavy (non-hydrogen) atoms. The first-order chi connectivity index (χ1) is 13.2. The molecule has 1 fully saturated rings. The zero-order valence-corrected chi connectivity index (χ0v) is 14.7. The van der Waals surface area contributed by atoms with Crippen LogP contribution < -0.4 is 10.6 Å². The predicted octanol–water partition coefficient (Wildman–Crippen LogP) is 3.14. The standard InChI is InChI=1S/C21H20N4O2/c26-14-21(11-12-21)23-20(27)16-7-4-8-17(13-16)22-19-10-9-18(24-25-19)15-5-2-1-3-6-15/h1-10,13,26H,11-12,14H2,(H,22,25)(H,23,27). The number of nitrogens with zero attached hydrogens (tertiary/aromatic N) is 2. The molecule has 0 aliphatic heterocycles. The number of anilines is 2. The van der Waals surface area contributed by atoms with Crippen molar-refractivity contribution in [3.05, 3.63) is 72.3 Å². The van der Waals surface area contributed by atoms with Crippen LogP contribution in [0.5, 0.6) is 0 Å². The second-order valence-corrected chi connectivity index (χ2v) is 6.77. The Morgan fingerprint density at radius 1 is 1.00 bits per heavy atom. The van der Waals surface area contributed by atoms with Gasteiger partial charge in [0.2, 0.25) is 0 Å². The minimum atomic E-state index is -0.431. The van der Waals surface area contributed by atoms with Crippen molar-refractivity contribution < 1.29 is 9.90 Å². The summed E-state index contributed by atoms with van der Waals surface area (Å²) in [5.74, 6) is 0.414. The van der Waals surface area contributed by atoms with Gasteiger partial charge in [0.15, 0.2) is 5.82 Å². The van der Waals surface area contributed by atoms with Crippen molar-refractivity contribution in [1.29, 1.82) is 0 Å². The van der Waals surface area contributed by atoms with Gasteiger partial charge in [-0.15, -0.1) is 10.2 Å². The number of benzene rings is 2. The number of hydrogen-bond acceptors (Lipinski definition) is 5. The molecule has 6 heteroatoms. The molecule has 6 nitrogen and oxygen atoms in total. The van der Waals surface area contributed by atoms with Crippen LogP contribution in [-0.4, -0.2) is 33.4 Å². The number of amides is 1. The maximum Gasteiger partial charge on any atom is 0.251 e. The van der Waals surface area contributed by atoms with Crippen molar-refractivity contribution >= 4 is 17.4 Å². The predicted molar refractivity (Wildman–Crippen MR) is 104 cm³/mol. The number of aliphatic hydroxyl groups is 1. The van der Waals surface area contributed by atoms with Crippen molar-refractivity contribution in [1.82, 2.24) is 15.5 Å². The van der Waals surface area contributed by atoms with E-state index in [4.69, 9.17) is 0 Å². The molecule has 1 heterocycles. The Morgan fingerprint density at radius 3 is 2.48 bits per heavy atom.